The number of hydrogen-bond acceptors (Lipinski definition) is 4. The van der Waals surface area contributed by atoms with Crippen molar-refractivity contribution in [1.29, 1.82) is 0 Å². The number of hydrogen-bond donors (Lipinski definition) is 0. The zero-order valence-corrected chi connectivity index (χ0v) is 16.6. The first-order valence-corrected chi connectivity index (χ1v) is 10.3. The Morgan fingerprint density at radius 1 is 1.07 bits per heavy atom. The summed E-state index contributed by atoms with van der Waals surface area (Å²) >= 11 is 6.38. The van der Waals surface area contributed by atoms with Gasteiger partial charge in [-0.3, -0.25) is 9.59 Å². The first-order valence-electron chi connectivity index (χ1n) is 9.94. The van der Waals surface area contributed by atoms with Crippen molar-refractivity contribution in [2.75, 3.05) is 31.1 Å². The average molecular weight is 401 g/mol. The molecule has 0 spiro atoms. The Balaban J connectivity index is 1.45. The van der Waals surface area contributed by atoms with Crippen molar-refractivity contribution in [2.24, 2.45) is 5.92 Å². The maximum absolute atomic E-state index is 12.7. The molecule has 4 rings (SSSR count). The molecule has 0 bridgehead atoms. The lowest BCUT2D eigenvalue weighted by molar-refractivity contribution is -0.131. The molecule has 1 aromatic carbocycles. The van der Waals surface area contributed by atoms with Gasteiger partial charge in [0.2, 0.25) is 5.91 Å². The molecule has 0 radical (unpaired) electrons. The first-order chi connectivity index (χ1) is 13.6. The lowest BCUT2D eigenvalue weighted by atomic mass is 10.1. The van der Waals surface area contributed by atoms with Crippen molar-refractivity contribution in [3.8, 4) is 0 Å². The Kier molecular flexibility index (Phi) is 5.67. The van der Waals surface area contributed by atoms with E-state index in [1.54, 1.807) is 6.20 Å². The van der Waals surface area contributed by atoms with Crippen LogP contribution in [-0.4, -0.2) is 46.8 Å². The summed E-state index contributed by atoms with van der Waals surface area (Å²) in [7, 11) is 0. The molecule has 2 aliphatic rings. The Morgan fingerprint density at radius 2 is 1.82 bits per heavy atom. The SMILES string of the molecule is O=C1CN(c2cnn(Cc3ccccc3)c(=O)c2Cl)CCN1CC1CCCC1. The summed E-state index contributed by atoms with van der Waals surface area (Å²) in [6, 6.07) is 9.66. The molecular weight excluding hydrogens is 376 g/mol. The zero-order valence-electron chi connectivity index (χ0n) is 15.9. The van der Waals surface area contributed by atoms with E-state index < -0.39 is 0 Å². The molecule has 1 amide bonds. The predicted octanol–water partition coefficient (Wildman–Crippen LogP) is 2.78. The Morgan fingerprint density at radius 3 is 2.54 bits per heavy atom. The van der Waals surface area contributed by atoms with Crippen LogP contribution in [0.5, 0.6) is 0 Å². The van der Waals surface area contributed by atoms with Crippen molar-refractivity contribution in [3.05, 3.63) is 57.5 Å². The molecular formula is C21H25ClN4O2. The zero-order chi connectivity index (χ0) is 19.5. The lowest BCUT2D eigenvalue weighted by Crippen LogP contribution is -2.52. The third-order valence-electron chi connectivity index (χ3n) is 5.75. The molecule has 1 aliphatic heterocycles. The van der Waals surface area contributed by atoms with E-state index in [0.717, 1.165) is 12.1 Å². The van der Waals surface area contributed by atoms with Crippen molar-refractivity contribution < 1.29 is 4.79 Å². The number of anilines is 1. The van der Waals surface area contributed by atoms with E-state index in [-0.39, 0.29) is 23.0 Å². The molecule has 7 heteroatoms. The number of halogens is 1. The number of aromatic nitrogens is 2. The summed E-state index contributed by atoms with van der Waals surface area (Å²) < 4.78 is 1.36. The minimum absolute atomic E-state index is 0.0997. The van der Waals surface area contributed by atoms with E-state index in [9.17, 15) is 9.59 Å². The fourth-order valence-electron chi connectivity index (χ4n) is 4.16. The molecule has 148 valence electrons. The van der Waals surface area contributed by atoms with Crippen molar-refractivity contribution in [3.63, 3.8) is 0 Å². The summed E-state index contributed by atoms with van der Waals surface area (Å²) in [6.07, 6.45) is 6.61. The fraction of sp³-hybridized carbons (Fsp3) is 0.476. The summed E-state index contributed by atoms with van der Waals surface area (Å²) in [5.41, 5.74) is 1.20. The molecule has 0 N–H and O–H groups in total. The predicted molar refractivity (Wildman–Crippen MR) is 110 cm³/mol. The lowest BCUT2D eigenvalue weighted by Gasteiger charge is -2.36. The van der Waals surface area contributed by atoms with Gasteiger partial charge < -0.3 is 9.80 Å². The van der Waals surface area contributed by atoms with Gasteiger partial charge in [-0.25, -0.2) is 4.68 Å². The number of amides is 1. The molecule has 2 aromatic rings. The van der Waals surface area contributed by atoms with Gasteiger partial charge in [-0.15, -0.1) is 0 Å². The van der Waals surface area contributed by atoms with Crippen LogP contribution in [0.3, 0.4) is 0 Å². The molecule has 1 aromatic heterocycles. The number of nitrogens with zero attached hydrogens (tertiary/aromatic N) is 4. The molecule has 28 heavy (non-hydrogen) atoms. The van der Waals surface area contributed by atoms with E-state index in [4.69, 9.17) is 11.6 Å². The van der Waals surface area contributed by atoms with Crippen molar-refractivity contribution >= 4 is 23.2 Å². The fourth-order valence-corrected chi connectivity index (χ4v) is 4.42. The van der Waals surface area contributed by atoms with Crippen LogP contribution < -0.4 is 10.5 Å². The molecule has 0 atom stereocenters. The summed E-state index contributed by atoms with van der Waals surface area (Å²) in [5.74, 6) is 0.741. The minimum Gasteiger partial charge on any atom is -0.358 e. The molecule has 6 nitrogen and oxygen atoms in total. The largest absolute Gasteiger partial charge is 0.358 e. The Labute approximate surface area is 169 Å². The smallest absolute Gasteiger partial charge is 0.287 e. The van der Waals surface area contributed by atoms with Gasteiger partial charge in [0.25, 0.3) is 5.56 Å². The van der Waals surface area contributed by atoms with Crippen molar-refractivity contribution in [1.82, 2.24) is 14.7 Å². The number of piperazine rings is 1. The van der Waals surface area contributed by atoms with Gasteiger partial charge in [-0.05, 0) is 24.3 Å². The second kappa shape index (κ2) is 8.35. The maximum Gasteiger partial charge on any atom is 0.287 e. The van der Waals surface area contributed by atoms with E-state index >= 15 is 0 Å². The number of carbonyl (C=O) groups is 1. The molecule has 1 saturated heterocycles. The molecule has 0 unspecified atom stereocenters. The van der Waals surface area contributed by atoms with Crippen LogP contribution in [0, 0.1) is 5.92 Å². The van der Waals surface area contributed by atoms with Crippen LogP contribution in [0.25, 0.3) is 0 Å². The Hall–Kier alpha value is -2.34. The monoisotopic (exact) mass is 400 g/mol. The van der Waals surface area contributed by atoms with Gasteiger partial charge in [0.1, 0.15) is 5.02 Å². The highest BCUT2D eigenvalue weighted by molar-refractivity contribution is 6.33. The van der Waals surface area contributed by atoms with Crippen molar-refractivity contribution in [2.45, 2.75) is 32.2 Å². The van der Waals surface area contributed by atoms with Crippen LogP contribution in [0.2, 0.25) is 5.02 Å². The van der Waals surface area contributed by atoms with Crippen LogP contribution >= 0.6 is 11.6 Å². The topological polar surface area (TPSA) is 58.4 Å². The van der Waals surface area contributed by atoms with Gasteiger partial charge >= 0.3 is 0 Å². The summed E-state index contributed by atoms with van der Waals surface area (Å²) in [4.78, 5) is 29.1. The molecule has 2 heterocycles. The molecule has 2 fully saturated rings. The van der Waals surface area contributed by atoms with Gasteiger partial charge in [0.15, 0.2) is 0 Å². The van der Waals surface area contributed by atoms with E-state index in [2.05, 4.69) is 5.10 Å². The summed E-state index contributed by atoms with van der Waals surface area (Å²) in [6.45, 7) is 2.81. The number of benzene rings is 1. The van der Waals surface area contributed by atoms with Gasteiger partial charge in [-0.2, -0.15) is 5.10 Å². The van der Waals surface area contributed by atoms with E-state index in [1.165, 1.54) is 30.4 Å². The third-order valence-corrected chi connectivity index (χ3v) is 6.11. The second-order valence-corrected chi connectivity index (χ2v) is 8.08. The van der Waals surface area contributed by atoms with Gasteiger partial charge in [0, 0.05) is 19.6 Å². The number of carbonyl (C=O) groups excluding carboxylic acids is 1. The minimum atomic E-state index is -0.330. The standard InChI is InChI=1S/C21H25ClN4O2/c22-20-18(12-23-26(21(20)28)14-17-6-2-1-3-7-17)24-10-11-25(19(27)15-24)13-16-8-4-5-9-16/h1-3,6-7,12,16H,4-5,8-11,13-15H2. The van der Waals surface area contributed by atoms with Gasteiger partial charge in [-0.1, -0.05) is 54.8 Å². The first kappa shape index (κ1) is 19.0. The maximum atomic E-state index is 12.7. The molecule has 1 aliphatic carbocycles. The number of rotatable bonds is 5. The van der Waals surface area contributed by atoms with Gasteiger partial charge in [0.05, 0.1) is 25.0 Å². The van der Waals surface area contributed by atoms with Crippen LogP contribution in [-0.2, 0) is 11.3 Å². The van der Waals surface area contributed by atoms with Crippen LogP contribution in [0.1, 0.15) is 31.2 Å². The molecule has 1 saturated carbocycles. The second-order valence-electron chi connectivity index (χ2n) is 7.70. The highest BCUT2D eigenvalue weighted by Gasteiger charge is 2.29. The average Bonchev–Trinajstić information content (AvgIpc) is 3.21. The third kappa shape index (κ3) is 4.07. The van der Waals surface area contributed by atoms with E-state index in [0.29, 0.717) is 31.2 Å². The highest BCUT2D eigenvalue weighted by Crippen LogP contribution is 2.27. The summed E-state index contributed by atoms with van der Waals surface area (Å²) in [5, 5.41) is 4.42. The van der Waals surface area contributed by atoms with Crippen LogP contribution in [0.4, 0.5) is 5.69 Å². The van der Waals surface area contributed by atoms with E-state index in [1.807, 2.05) is 40.1 Å². The van der Waals surface area contributed by atoms with Crippen LogP contribution in [0.15, 0.2) is 41.3 Å². The Bertz CT molecular complexity index is 893. The highest BCUT2D eigenvalue weighted by atomic mass is 35.5. The quantitative estimate of drug-likeness (QED) is 0.774. The normalized spacial score (nSPS) is 18.1.